The van der Waals surface area contributed by atoms with Gasteiger partial charge in [-0.1, -0.05) is 74.5 Å². The number of ether oxygens (including phenoxy) is 1. The van der Waals surface area contributed by atoms with E-state index in [-0.39, 0.29) is 24.4 Å². The van der Waals surface area contributed by atoms with Crippen LogP contribution in [0.25, 0.3) is 16.9 Å². The predicted molar refractivity (Wildman–Crippen MR) is 146 cm³/mol. The van der Waals surface area contributed by atoms with Gasteiger partial charge in [0, 0.05) is 18.2 Å². The van der Waals surface area contributed by atoms with E-state index in [0.717, 1.165) is 16.9 Å². The highest BCUT2D eigenvalue weighted by atomic mass is 16.5. The van der Waals surface area contributed by atoms with E-state index in [1.165, 1.54) is 4.90 Å². The number of carbonyl (C=O) groups is 2. The Morgan fingerprint density at radius 1 is 0.919 bits per heavy atom. The van der Waals surface area contributed by atoms with Gasteiger partial charge in [-0.25, -0.2) is 9.48 Å². The van der Waals surface area contributed by atoms with Crippen molar-refractivity contribution in [1.82, 2.24) is 14.7 Å². The molecule has 4 aromatic rings. The zero-order valence-corrected chi connectivity index (χ0v) is 21.2. The highest BCUT2D eigenvalue weighted by Gasteiger charge is 2.21. The first-order valence-electron chi connectivity index (χ1n) is 12.1. The second kappa shape index (κ2) is 11.9. The number of para-hydroxylation sites is 3. The Morgan fingerprint density at radius 3 is 2.24 bits per heavy atom. The molecule has 0 aliphatic rings. The maximum atomic E-state index is 13.2. The Morgan fingerprint density at radius 2 is 1.57 bits per heavy atom. The number of nitrogens with one attached hydrogen (secondary N) is 2. The fraction of sp³-hybridized carbons (Fsp3) is 0.207. The Kier molecular flexibility index (Phi) is 8.20. The summed E-state index contributed by atoms with van der Waals surface area (Å²) in [5.74, 6) is 0.901. The van der Waals surface area contributed by atoms with Crippen molar-refractivity contribution in [2.24, 2.45) is 5.92 Å². The monoisotopic (exact) mass is 497 g/mol. The van der Waals surface area contributed by atoms with Gasteiger partial charge < -0.3 is 20.3 Å². The minimum atomic E-state index is -0.380. The van der Waals surface area contributed by atoms with E-state index in [9.17, 15) is 9.59 Å². The van der Waals surface area contributed by atoms with Crippen LogP contribution in [-0.4, -0.2) is 46.8 Å². The molecule has 1 heterocycles. The lowest BCUT2D eigenvalue weighted by Gasteiger charge is -2.25. The first-order chi connectivity index (χ1) is 17.9. The van der Waals surface area contributed by atoms with Crippen LogP contribution in [0.4, 0.5) is 16.3 Å². The summed E-state index contributed by atoms with van der Waals surface area (Å²) in [6.45, 7) is 4.28. The van der Waals surface area contributed by atoms with Gasteiger partial charge in [-0.05, 0) is 30.2 Å². The molecule has 0 saturated heterocycles. The van der Waals surface area contributed by atoms with Crippen molar-refractivity contribution >= 4 is 23.4 Å². The molecular weight excluding hydrogens is 466 g/mol. The highest BCUT2D eigenvalue weighted by Crippen LogP contribution is 2.25. The number of urea groups is 1. The van der Waals surface area contributed by atoms with Crippen molar-refractivity contribution in [3.05, 3.63) is 91.0 Å². The Labute approximate surface area is 216 Å². The predicted octanol–water partition coefficient (Wildman–Crippen LogP) is 5.68. The molecule has 0 radical (unpaired) electrons. The lowest BCUT2D eigenvalue weighted by atomic mass is 10.1. The van der Waals surface area contributed by atoms with E-state index >= 15 is 0 Å². The molecule has 1 aromatic heterocycles. The minimum absolute atomic E-state index is 0.125. The standard InChI is InChI=1S/C29H31N5O3/c1-21(2)19-33(29(36)30-24-16-10-11-17-26(24)37-3)20-28(35)31-27-18-25(22-12-6-4-7-13-22)32-34(27)23-14-8-5-9-15-23/h4-18,21H,19-20H2,1-3H3,(H,30,36)(H,31,35). The van der Waals surface area contributed by atoms with Gasteiger partial charge in [0.15, 0.2) is 0 Å². The molecule has 2 N–H and O–H groups in total. The molecule has 8 nitrogen and oxygen atoms in total. The van der Waals surface area contributed by atoms with Gasteiger partial charge in [0.05, 0.1) is 24.2 Å². The number of hydrogen-bond donors (Lipinski definition) is 2. The van der Waals surface area contributed by atoms with Gasteiger partial charge in [0.2, 0.25) is 5.91 Å². The van der Waals surface area contributed by atoms with Crippen LogP contribution in [0.2, 0.25) is 0 Å². The van der Waals surface area contributed by atoms with Crippen molar-refractivity contribution in [2.45, 2.75) is 13.8 Å². The normalized spacial score (nSPS) is 10.7. The first kappa shape index (κ1) is 25.5. The molecule has 3 aromatic carbocycles. The van der Waals surface area contributed by atoms with Gasteiger partial charge in [-0.2, -0.15) is 5.10 Å². The summed E-state index contributed by atoms with van der Waals surface area (Å²) >= 11 is 0. The Balaban J connectivity index is 1.55. The molecule has 0 aliphatic carbocycles. The molecule has 8 heteroatoms. The fourth-order valence-corrected chi connectivity index (χ4v) is 3.94. The van der Waals surface area contributed by atoms with Crippen LogP contribution in [-0.2, 0) is 4.79 Å². The van der Waals surface area contributed by atoms with Crippen LogP contribution in [0.5, 0.6) is 5.75 Å². The zero-order chi connectivity index (χ0) is 26.2. The summed E-state index contributed by atoms with van der Waals surface area (Å²) in [6, 6.07) is 28.0. The van der Waals surface area contributed by atoms with Crippen LogP contribution >= 0.6 is 0 Å². The Bertz CT molecular complexity index is 1340. The third-order valence-electron chi connectivity index (χ3n) is 5.60. The summed E-state index contributed by atoms with van der Waals surface area (Å²) < 4.78 is 7.04. The van der Waals surface area contributed by atoms with Crippen molar-refractivity contribution in [2.75, 3.05) is 30.8 Å². The van der Waals surface area contributed by atoms with E-state index in [1.807, 2.05) is 92.7 Å². The van der Waals surface area contributed by atoms with E-state index in [0.29, 0.717) is 23.8 Å². The molecule has 4 rings (SSSR count). The molecule has 0 spiro atoms. The number of aromatic nitrogens is 2. The van der Waals surface area contributed by atoms with Gasteiger partial charge in [0.25, 0.3) is 0 Å². The molecule has 190 valence electrons. The summed E-state index contributed by atoms with van der Waals surface area (Å²) in [4.78, 5) is 27.9. The number of benzene rings is 3. The van der Waals surface area contributed by atoms with Crippen LogP contribution in [0, 0.1) is 5.92 Å². The van der Waals surface area contributed by atoms with E-state index in [4.69, 9.17) is 9.84 Å². The quantitative estimate of drug-likeness (QED) is 0.312. The van der Waals surface area contributed by atoms with E-state index in [1.54, 1.807) is 23.9 Å². The molecule has 0 unspecified atom stereocenters. The number of nitrogens with zero attached hydrogens (tertiary/aromatic N) is 3. The lowest BCUT2D eigenvalue weighted by molar-refractivity contribution is -0.116. The minimum Gasteiger partial charge on any atom is -0.495 e. The first-order valence-corrected chi connectivity index (χ1v) is 12.1. The lowest BCUT2D eigenvalue weighted by Crippen LogP contribution is -2.42. The second-order valence-electron chi connectivity index (χ2n) is 8.98. The number of amides is 3. The van der Waals surface area contributed by atoms with Gasteiger partial charge in [0.1, 0.15) is 18.1 Å². The topological polar surface area (TPSA) is 88.5 Å². The zero-order valence-electron chi connectivity index (χ0n) is 21.2. The van der Waals surface area contributed by atoms with E-state index < -0.39 is 0 Å². The van der Waals surface area contributed by atoms with Gasteiger partial charge in [-0.15, -0.1) is 0 Å². The number of hydrogen-bond acceptors (Lipinski definition) is 4. The summed E-state index contributed by atoms with van der Waals surface area (Å²) in [7, 11) is 1.55. The van der Waals surface area contributed by atoms with Crippen molar-refractivity contribution in [1.29, 1.82) is 0 Å². The highest BCUT2D eigenvalue weighted by molar-refractivity contribution is 5.97. The van der Waals surface area contributed by atoms with Crippen LogP contribution in [0.15, 0.2) is 91.0 Å². The Hall–Kier alpha value is -4.59. The maximum absolute atomic E-state index is 13.2. The molecule has 3 amide bonds. The van der Waals surface area contributed by atoms with Gasteiger partial charge >= 0.3 is 6.03 Å². The molecule has 0 atom stereocenters. The smallest absolute Gasteiger partial charge is 0.322 e. The van der Waals surface area contributed by atoms with Gasteiger partial charge in [-0.3, -0.25) is 4.79 Å². The number of carbonyl (C=O) groups excluding carboxylic acids is 2. The number of anilines is 2. The SMILES string of the molecule is COc1ccccc1NC(=O)N(CC(=O)Nc1cc(-c2ccccc2)nn1-c1ccccc1)CC(C)C. The summed E-state index contributed by atoms with van der Waals surface area (Å²) in [5, 5.41) is 10.6. The molecule has 0 aliphatic heterocycles. The van der Waals surface area contributed by atoms with Crippen molar-refractivity contribution < 1.29 is 14.3 Å². The second-order valence-corrected chi connectivity index (χ2v) is 8.98. The average Bonchev–Trinajstić information content (AvgIpc) is 3.33. The molecule has 0 bridgehead atoms. The van der Waals surface area contributed by atoms with Crippen LogP contribution in [0.3, 0.4) is 0 Å². The molecular formula is C29H31N5O3. The van der Waals surface area contributed by atoms with E-state index in [2.05, 4.69) is 10.6 Å². The third-order valence-corrected chi connectivity index (χ3v) is 5.60. The number of rotatable bonds is 9. The van der Waals surface area contributed by atoms with Crippen molar-refractivity contribution in [3.63, 3.8) is 0 Å². The maximum Gasteiger partial charge on any atom is 0.322 e. The number of methoxy groups -OCH3 is 1. The molecule has 0 fully saturated rings. The van der Waals surface area contributed by atoms with Crippen molar-refractivity contribution in [3.8, 4) is 22.7 Å². The summed E-state index contributed by atoms with van der Waals surface area (Å²) in [5.41, 5.74) is 3.02. The largest absolute Gasteiger partial charge is 0.495 e. The average molecular weight is 498 g/mol. The summed E-state index contributed by atoms with van der Waals surface area (Å²) in [6.07, 6.45) is 0. The van der Waals surface area contributed by atoms with Crippen LogP contribution in [0.1, 0.15) is 13.8 Å². The molecule has 0 saturated carbocycles. The third kappa shape index (κ3) is 6.55. The molecule has 37 heavy (non-hydrogen) atoms. The fourth-order valence-electron chi connectivity index (χ4n) is 3.94. The van der Waals surface area contributed by atoms with Crippen LogP contribution < -0.4 is 15.4 Å².